The molecule has 0 aliphatic rings. The van der Waals surface area contributed by atoms with E-state index in [1.54, 1.807) is 6.33 Å². The van der Waals surface area contributed by atoms with Crippen LogP contribution < -0.4 is 5.32 Å². The normalized spacial score (nSPS) is 14.7. The van der Waals surface area contributed by atoms with E-state index in [4.69, 9.17) is 4.74 Å². The van der Waals surface area contributed by atoms with Crippen LogP contribution in [-0.2, 0) is 11.8 Å². The van der Waals surface area contributed by atoms with E-state index in [-0.39, 0.29) is 6.04 Å². The number of unbranched alkanes of at least 4 members (excludes halogenated alkanes) is 1. The number of nitrogens with zero attached hydrogens (tertiary/aromatic N) is 3. The van der Waals surface area contributed by atoms with E-state index >= 15 is 0 Å². The topological polar surface area (TPSA) is 72.2 Å². The maximum absolute atomic E-state index is 9.73. The molecule has 2 atom stereocenters. The van der Waals surface area contributed by atoms with Crippen molar-refractivity contribution in [1.82, 2.24) is 20.1 Å². The van der Waals surface area contributed by atoms with Crippen molar-refractivity contribution in [2.75, 3.05) is 19.8 Å². The zero-order valence-electron chi connectivity index (χ0n) is 11.5. The number of hydrogen-bond donors (Lipinski definition) is 2. The SMILES string of the molecule is CCCCOCC(O)CNC(C)c1nncn1C. The van der Waals surface area contributed by atoms with Crippen LogP contribution in [0.5, 0.6) is 0 Å². The molecule has 0 radical (unpaired) electrons. The molecule has 1 heterocycles. The average molecular weight is 256 g/mol. The van der Waals surface area contributed by atoms with Gasteiger partial charge in [-0.15, -0.1) is 10.2 Å². The Labute approximate surface area is 108 Å². The quantitative estimate of drug-likeness (QED) is 0.635. The van der Waals surface area contributed by atoms with Gasteiger partial charge in [0.2, 0.25) is 0 Å². The Morgan fingerprint density at radius 1 is 1.56 bits per heavy atom. The Hall–Kier alpha value is -0.980. The number of ether oxygens (including phenoxy) is 1. The molecule has 2 N–H and O–H groups in total. The molecule has 0 saturated carbocycles. The van der Waals surface area contributed by atoms with Crippen molar-refractivity contribution in [3.8, 4) is 0 Å². The summed E-state index contributed by atoms with van der Waals surface area (Å²) in [5, 5.41) is 20.8. The lowest BCUT2D eigenvalue weighted by atomic mass is 10.3. The summed E-state index contributed by atoms with van der Waals surface area (Å²) in [4.78, 5) is 0. The molecule has 0 saturated heterocycles. The van der Waals surface area contributed by atoms with Crippen LogP contribution in [0.25, 0.3) is 0 Å². The first-order valence-electron chi connectivity index (χ1n) is 6.48. The van der Waals surface area contributed by atoms with Gasteiger partial charge in [0, 0.05) is 20.2 Å². The van der Waals surface area contributed by atoms with Crippen LogP contribution in [0.3, 0.4) is 0 Å². The number of aliphatic hydroxyl groups is 1. The molecule has 0 bridgehead atoms. The molecule has 1 rings (SSSR count). The van der Waals surface area contributed by atoms with Gasteiger partial charge in [-0.2, -0.15) is 0 Å². The van der Waals surface area contributed by atoms with Gasteiger partial charge in [-0.1, -0.05) is 13.3 Å². The zero-order valence-corrected chi connectivity index (χ0v) is 11.5. The predicted octanol–water partition coefficient (Wildman–Crippen LogP) is 0.643. The first kappa shape index (κ1) is 15.1. The van der Waals surface area contributed by atoms with Gasteiger partial charge in [-0.25, -0.2) is 0 Å². The van der Waals surface area contributed by atoms with Crippen LogP contribution in [0.1, 0.15) is 38.6 Å². The standard InChI is InChI=1S/C12H24N4O2/c1-4-5-6-18-8-11(17)7-13-10(2)12-15-14-9-16(12)3/h9-11,13,17H,4-8H2,1-3H3. The highest BCUT2D eigenvalue weighted by atomic mass is 16.5. The van der Waals surface area contributed by atoms with E-state index in [0.29, 0.717) is 19.8 Å². The number of aliphatic hydroxyl groups excluding tert-OH is 1. The predicted molar refractivity (Wildman–Crippen MR) is 69.2 cm³/mol. The van der Waals surface area contributed by atoms with Crippen molar-refractivity contribution < 1.29 is 9.84 Å². The fourth-order valence-electron chi connectivity index (χ4n) is 1.61. The minimum atomic E-state index is -0.488. The van der Waals surface area contributed by atoms with Crippen molar-refractivity contribution in [1.29, 1.82) is 0 Å². The Kier molecular flexibility index (Phi) is 6.85. The summed E-state index contributed by atoms with van der Waals surface area (Å²) in [6.07, 6.45) is 3.32. The van der Waals surface area contributed by atoms with Gasteiger partial charge in [-0.05, 0) is 13.3 Å². The van der Waals surface area contributed by atoms with Crippen LogP contribution >= 0.6 is 0 Å². The lowest BCUT2D eigenvalue weighted by Crippen LogP contribution is -2.33. The number of aryl methyl sites for hydroxylation is 1. The summed E-state index contributed by atoms with van der Waals surface area (Å²) >= 11 is 0. The third-order valence-electron chi connectivity index (χ3n) is 2.75. The Morgan fingerprint density at radius 3 is 2.94 bits per heavy atom. The zero-order chi connectivity index (χ0) is 13.4. The third kappa shape index (κ3) is 5.12. The fourth-order valence-corrected chi connectivity index (χ4v) is 1.61. The number of hydrogen-bond acceptors (Lipinski definition) is 5. The molecular formula is C12H24N4O2. The van der Waals surface area contributed by atoms with E-state index < -0.39 is 6.10 Å². The summed E-state index contributed by atoms with van der Waals surface area (Å²) in [5.41, 5.74) is 0. The molecule has 0 amide bonds. The molecule has 0 aliphatic carbocycles. The molecule has 6 nitrogen and oxygen atoms in total. The summed E-state index contributed by atoms with van der Waals surface area (Å²) < 4.78 is 7.22. The van der Waals surface area contributed by atoms with Gasteiger partial charge in [0.25, 0.3) is 0 Å². The van der Waals surface area contributed by atoms with E-state index in [2.05, 4.69) is 22.4 Å². The molecule has 1 aromatic heterocycles. The number of aromatic nitrogens is 3. The van der Waals surface area contributed by atoms with Gasteiger partial charge in [0.05, 0.1) is 18.8 Å². The highest BCUT2D eigenvalue weighted by molar-refractivity contribution is 4.92. The molecule has 0 aliphatic heterocycles. The summed E-state index contributed by atoms with van der Waals surface area (Å²) in [6, 6.07) is 0.0581. The van der Waals surface area contributed by atoms with E-state index in [9.17, 15) is 5.11 Å². The highest BCUT2D eigenvalue weighted by Crippen LogP contribution is 2.06. The van der Waals surface area contributed by atoms with Crippen molar-refractivity contribution >= 4 is 0 Å². The maximum atomic E-state index is 9.73. The van der Waals surface area contributed by atoms with Gasteiger partial charge < -0.3 is 19.7 Å². The van der Waals surface area contributed by atoms with Gasteiger partial charge in [0.1, 0.15) is 12.2 Å². The molecule has 18 heavy (non-hydrogen) atoms. The van der Waals surface area contributed by atoms with E-state index in [1.807, 2.05) is 18.5 Å². The van der Waals surface area contributed by atoms with E-state index in [0.717, 1.165) is 18.7 Å². The minimum Gasteiger partial charge on any atom is -0.389 e. The molecule has 2 unspecified atom stereocenters. The molecule has 6 heteroatoms. The Balaban J connectivity index is 2.18. The van der Waals surface area contributed by atoms with Gasteiger partial charge in [-0.3, -0.25) is 0 Å². The van der Waals surface area contributed by atoms with Crippen molar-refractivity contribution in [3.63, 3.8) is 0 Å². The maximum Gasteiger partial charge on any atom is 0.149 e. The second kappa shape index (κ2) is 8.18. The van der Waals surface area contributed by atoms with E-state index in [1.165, 1.54) is 0 Å². The molecule has 0 aromatic carbocycles. The second-order valence-electron chi connectivity index (χ2n) is 4.51. The van der Waals surface area contributed by atoms with Crippen LogP contribution in [-0.4, -0.2) is 45.7 Å². The largest absolute Gasteiger partial charge is 0.389 e. The first-order valence-corrected chi connectivity index (χ1v) is 6.48. The van der Waals surface area contributed by atoms with Crippen LogP contribution in [0.2, 0.25) is 0 Å². The smallest absolute Gasteiger partial charge is 0.149 e. The summed E-state index contributed by atoms with van der Waals surface area (Å²) in [5.74, 6) is 0.856. The Morgan fingerprint density at radius 2 is 2.33 bits per heavy atom. The number of rotatable bonds is 9. The summed E-state index contributed by atoms with van der Waals surface area (Å²) in [6.45, 7) is 5.68. The number of nitrogens with one attached hydrogen (secondary N) is 1. The van der Waals surface area contributed by atoms with Crippen molar-refractivity contribution in [2.45, 2.75) is 38.8 Å². The lowest BCUT2D eigenvalue weighted by Gasteiger charge is -2.16. The minimum absolute atomic E-state index is 0.0581. The third-order valence-corrected chi connectivity index (χ3v) is 2.75. The van der Waals surface area contributed by atoms with Crippen LogP contribution in [0.4, 0.5) is 0 Å². The lowest BCUT2D eigenvalue weighted by molar-refractivity contribution is 0.0346. The van der Waals surface area contributed by atoms with Crippen LogP contribution in [0.15, 0.2) is 6.33 Å². The monoisotopic (exact) mass is 256 g/mol. The molecule has 0 spiro atoms. The molecule has 104 valence electrons. The van der Waals surface area contributed by atoms with Crippen molar-refractivity contribution in [3.05, 3.63) is 12.2 Å². The second-order valence-corrected chi connectivity index (χ2v) is 4.51. The molecular weight excluding hydrogens is 232 g/mol. The summed E-state index contributed by atoms with van der Waals surface area (Å²) in [7, 11) is 1.90. The van der Waals surface area contributed by atoms with Crippen molar-refractivity contribution in [2.24, 2.45) is 7.05 Å². The van der Waals surface area contributed by atoms with Gasteiger partial charge >= 0.3 is 0 Å². The van der Waals surface area contributed by atoms with Gasteiger partial charge in [0.15, 0.2) is 0 Å². The molecule has 1 aromatic rings. The highest BCUT2D eigenvalue weighted by Gasteiger charge is 2.12. The first-order chi connectivity index (χ1) is 8.65. The Bertz CT molecular complexity index is 330. The molecule has 0 fully saturated rings. The van der Waals surface area contributed by atoms with Crippen LogP contribution in [0, 0.1) is 0 Å². The average Bonchev–Trinajstić information content (AvgIpc) is 2.78. The fraction of sp³-hybridized carbons (Fsp3) is 0.833.